The van der Waals surface area contributed by atoms with E-state index in [-0.39, 0.29) is 0 Å². The van der Waals surface area contributed by atoms with Gasteiger partial charge in [-0.25, -0.2) is 0 Å². The molecule has 0 N–H and O–H groups in total. The van der Waals surface area contributed by atoms with Crippen molar-refractivity contribution in [3.05, 3.63) is 23.3 Å². The zero-order chi connectivity index (χ0) is 12.8. The fourth-order valence-electron chi connectivity index (χ4n) is 3.50. The maximum absolute atomic E-state index is 5.93. The lowest BCUT2D eigenvalue weighted by atomic mass is 9.88. The van der Waals surface area contributed by atoms with E-state index >= 15 is 0 Å². The molecule has 0 aliphatic carbocycles. The van der Waals surface area contributed by atoms with Gasteiger partial charge in [0, 0.05) is 13.2 Å². The number of hydrogen-bond donors (Lipinski definition) is 0. The lowest BCUT2D eigenvalue weighted by Gasteiger charge is -2.37. The zero-order valence-corrected chi connectivity index (χ0v) is 11.2. The number of likely N-dealkylation sites (N-methyl/N-ethyl adjacent to an activating group) is 1. The molecule has 4 heteroatoms. The first-order valence-electron chi connectivity index (χ1n) is 7.07. The molecule has 0 aromatic heterocycles. The van der Waals surface area contributed by atoms with Crippen LogP contribution in [0.4, 0.5) is 0 Å². The summed E-state index contributed by atoms with van der Waals surface area (Å²) in [5, 5.41) is 0. The largest absolute Gasteiger partial charge is 0.454 e. The van der Waals surface area contributed by atoms with Crippen LogP contribution >= 0.6 is 0 Å². The molecule has 1 fully saturated rings. The summed E-state index contributed by atoms with van der Waals surface area (Å²) >= 11 is 0. The molecule has 0 spiro atoms. The third kappa shape index (κ3) is 1.82. The van der Waals surface area contributed by atoms with E-state index in [4.69, 9.17) is 14.2 Å². The van der Waals surface area contributed by atoms with Gasteiger partial charge in [-0.1, -0.05) is 0 Å². The molecule has 1 saturated heterocycles. The summed E-state index contributed by atoms with van der Waals surface area (Å²) in [4.78, 5) is 2.42. The van der Waals surface area contributed by atoms with Gasteiger partial charge < -0.3 is 14.2 Å². The number of hydrogen-bond acceptors (Lipinski definition) is 4. The second-order valence-electron chi connectivity index (χ2n) is 5.63. The Bertz CT molecular complexity index is 496. The first-order chi connectivity index (χ1) is 9.33. The molecule has 2 unspecified atom stereocenters. The van der Waals surface area contributed by atoms with Gasteiger partial charge in [-0.3, -0.25) is 4.90 Å². The van der Waals surface area contributed by atoms with Gasteiger partial charge in [0.2, 0.25) is 6.79 Å². The van der Waals surface area contributed by atoms with Crippen LogP contribution in [0.1, 0.15) is 30.0 Å². The molecule has 3 aliphatic rings. The lowest BCUT2D eigenvalue weighted by Crippen LogP contribution is -2.38. The maximum Gasteiger partial charge on any atom is 0.231 e. The highest BCUT2D eigenvalue weighted by atomic mass is 16.7. The average molecular weight is 261 g/mol. The summed E-state index contributed by atoms with van der Waals surface area (Å²) in [6.07, 6.45) is 3.73. The third-order valence-corrected chi connectivity index (χ3v) is 4.48. The Morgan fingerprint density at radius 3 is 2.84 bits per heavy atom. The fraction of sp³-hybridized carbons (Fsp3) is 0.600. The molecule has 3 aliphatic heterocycles. The number of ether oxygens (including phenoxy) is 3. The Kier molecular flexibility index (Phi) is 2.67. The molecular weight excluding hydrogens is 242 g/mol. The van der Waals surface area contributed by atoms with Crippen LogP contribution in [0.15, 0.2) is 12.1 Å². The van der Waals surface area contributed by atoms with Crippen molar-refractivity contribution in [3.8, 4) is 11.5 Å². The van der Waals surface area contributed by atoms with Crippen LogP contribution in [-0.2, 0) is 11.2 Å². The van der Waals surface area contributed by atoms with Gasteiger partial charge >= 0.3 is 0 Å². The standard InChI is InChI=1S/C15H19NO3/c1-16-5-4-10-7-13-14(19-9-18-13)8-11(10)15(16)12-3-2-6-17-12/h7-8,12,15H,2-6,9H2,1H3. The van der Waals surface area contributed by atoms with Crippen LogP contribution in [-0.4, -0.2) is 38.0 Å². The van der Waals surface area contributed by atoms with E-state index in [9.17, 15) is 0 Å². The normalized spacial score (nSPS) is 29.5. The first kappa shape index (κ1) is 11.6. The summed E-state index contributed by atoms with van der Waals surface area (Å²) in [7, 11) is 2.19. The van der Waals surface area contributed by atoms with E-state index < -0.39 is 0 Å². The summed E-state index contributed by atoms with van der Waals surface area (Å²) in [6.45, 7) is 2.32. The van der Waals surface area contributed by atoms with Crippen LogP contribution in [0.3, 0.4) is 0 Å². The summed E-state index contributed by atoms with van der Waals surface area (Å²) in [5.74, 6) is 1.78. The number of benzene rings is 1. The Morgan fingerprint density at radius 1 is 1.21 bits per heavy atom. The second kappa shape index (κ2) is 4.39. The minimum Gasteiger partial charge on any atom is -0.454 e. The highest BCUT2D eigenvalue weighted by Gasteiger charge is 2.35. The van der Waals surface area contributed by atoms with Crippen molar-refractivity contribution in [2.75, 3.05) is 27.0 Å². The van der Waals surface area contributed by atoms with Gasteiger partial charge in [0.15, 0.2) is 11.5 Å². The molecule has 0 bridgehead atoms. The van der Waals surface area contributed by atoms with Gasteiger partial charge in [-0.2, -0.15) is 0 Å². The lowest BCUT2D eigenvalue weighted by molar-refractivity contribution is 0.0287. The van der Waals surface area contributed by atoms with E-state index in [0.29, 0.717) is 18.9 Å². The summed E-state index contributed by atoms with van der Waals surface area (Å²) < 4.78 is 16.9. The molecule has 0 amide bonds. The minimum atomic E-state index is 0.324. The third-order valence-electron chi connectivity index (χ3n) is 4.48. The zero-order valence-electron chi connectivity index (χ0n) is 11.2. The van der Waals surface area contributed by atoms with Crippen molar-refractivity contribution in [2.24, 2.45) is 0 Å². The molecule has 0 radical (unpaired) electrons. The molecule has 19 heavy (non-hydrogen) atoms. The summed E-state index contributed by atoms with van der Waals surface area (Å²) in [6, 6.07) is 4.69. The number of rotatable bonds is 1. The van der Waals surface area contributed by atoms with E-state index in [2.05, 4.69) is 24.1 Å². The highest BCUT2D eigenvalue weighted by Crippen LogP contribution is 2.42. The van der Waals surface area contributed by atoms with E-state index in [1.807, 2.05) is 0 Å². The Morgan fingerprint density at radius 2 is 2.05 bits per heavy atom. The number of fused-ring (bicyclic) bond motifs is 2. The fourth-order valence-corrected chi connectivity index (χ4v) is 3.50. The molecule has 1 aromatic carbocycles. The van der Waals surface area contributed by atoms with Crippen molar-refractivity contribution in [1.82, 2.24) is 4.90 Å². The second-order valence-corrected chi connectivity index (χ2v) is 5.63. The molecule has 4 rings (SSSR count). The Hall–Kier alpha value is -1.26. The number of nitrogens with zero attached hydrogens (tertiary/aromatic N) is 1. The highest BCUT2D eigenvalue weighted by molar-refractivity contribution is 5.50. The molecule has 2 atom stereocenters. The maximum atomic E-state index is 5.93. The van der Waals surface area contributed by atoms with Gasteiger partial charge in [0.05, 0.1) is 12.1 Å². The Balaban J connectivity index is 1.76. The van der Waals surface area contributed by atoms with E-state index in [1.54, 1.807) is 0 Å². The molecule has 102 valence electrons. The smallest absolute Gasteiger partial charge is 0.231 e. The van der Waals surface area contributed by atoms with Crippen molar-refractivity contribution < 1.29 is 14.2 Å². The molecule has 1 aromatic rings. The first-order valence-corrected chi connectivity index (χ1v) is 7.07. The molecule has 3 heterocycles. The van der Waals surface area contributed by atoms with Crippen LogP contribution in [0, 0.1) is 0 Å². The van der Waals surface area contributed by atoms with Gasteiger partial charge in [-0.05, 0) is 49.6 Å². The van der Waals surface area contributed by atoms with Gasteiger partial charge in [-0.15, -0.1) is 0 Å². The van der Waals surface area contributed by atoms with Crippen LogP contribution < -0.4 is 9.47 Å². The predicted molar refractivity (Wildman–Crippen MR) is 70.6 cm³/mol. The predicted octanol–water partition coefficient (Wildman–Crippen LogP) is 2.12. The average Bonchev–Trinajstić information content (AvgIpc) is 3.06. The minimum absolute atomic E-state index is 0.324. The van der Waals surface area contributed by atoms with Gasteiger partial charge in [0.1, 0.15) is 0 Å². The van der Waals surface area contributed by atoms with Crippen LogP contribution in [0.25, 0.3) is 0 Å². The summed E-state index contributed by atoms with van der Waals surface area (Å²) in [5.41, 5.74) is 2.76. The monoisotopic (exact) mass is 261 g/mol. The van der Waals surface area contributed by atoms with Crippen LogP contribution in [0.2, 0.25) is 0 Å². The van der Waals surface area contributed by atoms with Crippen LogP contribution in [0.5, 0.6) is 11.5 Å². The quantitative estimate of drug-likeness (QED) is 0.775. The van der Waals surface area contributed by atoms with Crippen molar-refractivity contribution in [1.29, 1.82) is 0 Å². The van der Waals surface area contributed by atoms with Crippen molar-refractivity contribution >= 4 is 0 Å². The topological polar surface area (TPSA) is 30.9 Å². The Labute approximate surface area is 113 Å². The van der Waals surface area contributed by atoms with E-state index in [0.717, 1.165) is 37.5 Å². The van der Waals surface area contributed by atoms with Crippen molar-refractivity contribution in [3.63, 3.8) is 0 Å². The molecular formula is C15H19NO3. The SMILES string of the molecule is CN1CCc2cc3c(cc2C1C1CCCO1)OCO3. The molecule has 0 saturated carbocycles. The molecule has 4 nitrogen and oxygen atoms in total. The van der Waals surface area contributed by atoms with Crippen molar-refractivity contribution in [2.45, 2.75) is 31.4 Å². The van der Waals surface area contributed by atoms with Gasteiger partial charge in [0.25, 0.3) is 0 Å². The van der Waals surface area contributed by atoms with E-state index in [1.165, 1.54) is 17.5 Å².